The van der Waals surface area contributed by atoms with E-state index in [1.807, 2.05) is 0 Å². The summed E-state index contributed by atoms with van der Waals surface area (Å²) < 4.78 is 0. The Morgan fingerprint density at radius 2 is 0.548 bits per heavy atom. The first-order valence-electron chi connectivity index (χ1n) is 14.2. The maximum atomic E-state index is 2.39. The van der Waals surface area contributed by atoms with Gasteiger partial charge in [0.05, 0.1) is 0 Å². The van der Waals surface area contributed by atoms with Crippen LogP contribution in [0.3, 0.4) is 0 Å². The molecule has 0 atom stereocenters. The summed E-state index contributed by atoms with van der Waals surface area (Å²) in [4.78, 5) is 0. The number of unbranched alkanes of at least 4 members (excludes halogenated alkanes) is 16. The largest absolute Gasteiger partial charge is 0.344 e. The molecule has 0 heterocycles. The van der Waals surface area contributed by atoms with E-state index < -0.39 is 7.26 Å². The second-order valence-corrected chi connectivity index (χ2v) is 15.2. The van der Waals surface area contributed by atoms with Gasteiger partial charge in [-0.1, -0.05) is 26.2 Å². The summed E-state index contributed by atoms with van der Waals surface area (Å²) in [6, 6.07) is 0. The van der Waals surface area contributed by atoms with E-state index in [1.54, 1.807) is 31.1 Å². The average Bonchev–Trinajstić information content (AvgIpc) is 2.74. The fourth-order valence-electron chi connectivity index (χ4n) is 5.10. The van der Waals surface area contributed by atoms with E-state index in [0.29, 0.717) is 0 Å². The summed E-state index contributed by atoms with van der Waals surface area (Å²) in [6.45, 7) is 9.49. The van der Waals surface area contributed by atoms with Crippen molar-refractivity contribution in [3.63, 3.8) is 0 Å². The zero-order chi connectivity index (χ0) is 21.5. The van der Waals surface area contributed by atoms with E-state index in [4.69, 9.17) is 0 Å². The maximum Gasteiger partial charge on any atom is -0.147 e. The molecule has 0 aromatic carbocycles. The van der Waals surface area contributed by atoms with Crippen molar-refractivity contribution in [3.05, 3.63) is 0 Å². The van der Waals surface area contributed by atoms with Gasteiger partial charge in [0.15, 0.2) is 0 Å². The van der Waals surface area contributed by atoms with Gasteiger partial charge in [-0.05, 0) is 0 Å². The van der Waals surface area contributed by atoms with Crippen LogP contribution in [-0.2, 0) is 0 Å². The van der Waals surface area contributed by atoms with Crippen molar-refractivity contribution < 1.29 is 0 Å². The third kappa shape index (κ3) is 23.6. The van der Waals surface area contributed by atoms with E-state index in [1.165, 1.54) is 122 Å². The van der Waals surface area contributed by atoms with Gasteiger partial charge in [-0.3, -0.25) is 0 Å². The Hall–Kier alpha value is 0.680. The summed E-state index contributed by atoms with van der Waals surface area (Å²) in [5, 5.41) is 0. The summed E-state index contributed by atoms with van der Waals surface area (Å²) in [6.07, 6.45) is 36.2. The Morgan fingerprint density at radius 3 is 0.839 bits per heavy atom. The second-order valence-electron chi connectivity index (χ2n) is 10.2. The Kier molecular flexibility index (Phi) is 33.6. The Labute approximate surface area is 206 Å². The molecule has 0 aliphatic rings. The molecule has 0 aliphatic carbocycles. The normalized spacial score (nSPS) is 11.7. The predicted molar refractivity (Wildman–Crippen MR) is 155 cm³/mol. The van der Waals surface area contributed by atoms with Crippen LogP contribution in [0, 0.1) is 0 Å². The van der Waals surface area contributed by atoms with Crippen LogP contribution < -0.4 is 6.15 Å². The molecule has 3 heteroatoms. The molecule has 0 aromatic heterocycles. The zero-order valence-electron chi connectivity index (χ0n) is 22.6. The smallest absolute Gasteiger partial charge is 0.147 e. The van der Waals surface area contributed by atoms with Crippen LogP contribution in [0.15, 0.2) is 0 Å². The molecule has 0 aromatic rings. The third-order valence-electron chi connectivity index (χ3n) is 7.24. The number of hydrogen-bond donors (Lipinski definition) is 1. The molecular formula is C28H65ClNP. The molecule has 194 valence electrons. The molecule has 3 N–H and O–H groups in total. The predicted octanol–water partition coefficient (Wildman–Crippen LogP) is 11.2. The van der Waals surface area contributed by atoms with E-state index in [-0.39, 0.29) is 18.6 Å². The fourth-order valence-corrected chi connectivity index (χ4v) is 10.9. The molecule has 0 rings (SSSR count). The van der Waals surface area contributed by atoms with Crippen LogP contribution in [0.4, 0.5) is 0 Å². The summed E-state index contributed by atoms with van der Waals surface area (Å²) in [5.41, 5.74) is 0. The van der Waals surface area contributed by atoms with Crippen molar-refractivity contribution >= 4 is 19.7 Å². The molecule has 0 spiro atoms. The molecule has 1 nitrogen and oxygen atoms in total. The van der Waals surface area contributed by atoms with Crippen molar-refractivity contribution in [1.29, 1.82) is 0 Å². The van der Waals surface area contributed by atoms with Crippen LogP contribution in [0.5, 0.6) is 0 Å². The SMILES string of the molecule is CCCCCCCCCCCCCCCC[PH](CCCC)(CCCC)CCCC.Cl.N. The summed E-state index contributed by atoms with van der Waals surface area (Å²) in [7, 11) is -0.961. The van der Waals surface area contributed by atoms with Crippen molar-refractivity contribution in [1.82, 2.24) is 6.15 Å². The Morgan fingerprint density at radius 1 is 0.323 bits per heavy atom. The number of halogens is 1. The van der Waals surface area contributed by atoms with Gasteiger partial charge in [0.2, 0.25) is 0 Å². The van der Waals surface area contributed by atoms with Gasteiger partial charge < -0.3 is 6.15 Å². The Bertz CT molecular complexity index is 290. The average molecular weight is 482 g/mol. The quantitative estimate of drug-likeness (QED) is 0.108. The molecular weight excluding hydrogens is 417 g/mol. The topological polar surface area (TPSA) is 35.0 Å². The fraction of sp³-hybridized carbons (Fsp3) is 1.00. The van der Waals surface area contributed by atoms with Crippen LogP contribution >= 0.6 is 19.7 Å². The molecule has 0 saturated heterocycles. The zero-order valence-corrected chi connectivity index (χ0v) is 24.4. The third-order valence-corrected chi connectivity index (χ3v) is 12.9. The van der Waals surface area contributed by atoms with Gasteiger partial charge in [-0.25, -0.2) is 0 Å². The Balaban J connectivity index is -0.00000392. The minimum atomic E-state index is -0.961. The van der Waals surface area contributed by atoms with E-state index >= 15 is 0 Å². The summed E-state index contributed by atoms with van der Waals surface area (Å²) >= 11 is 0. The van der Waals surface area contributed by atoms with Crippen molar-refractivity contribution in [2.45, 2.75) is 156 Å². The van der Waals surface area contributed by atoms with E-state index in [9.17, 15) is 0 Å². The van der Waals surface area contributed by atoms with Crippen molar-refractivity contribution in [2.75, 3.05) is 24.6 Å². The van der Waals surface area contributed by atoms with Gasteiger partial charge in [0.25, 0.3) is 0 Å². The molecule has 0 saturated carbocycles. The molecule has 0 radical (unpaired) electrons. The van der Waals surface area contributed by atoms with Gasteiger partial charge in [-0.2, -0.15) is 0 Å². The first-order valence-corrected chi connectivity index (χ1v) is 17.1. The van der Waals surface area contributed by atoms with Gasteiger partial charge in [-0.15, -0.1) is 12.4 Å². The van der Waals surface area contributed by atoms with Gasteiger partial charge in [0.1, 0.15) is 0 Å². The number of rotatable bonds is 24. The molecule has 0 fully saturated rings. The monoisotopic (exact) mass is 481 g/mol. The first-order chi connectivity index (χ1) is 14.2. The number of hydrogen-bond acceptors (Lipinski definition) is 1. The summed E-state index contributed by atoms with van der Waals surface area (Å²) in [5.74, 6) is 0. The molecule has 0 unspecified atom stereocenters. The molecule has 31 heavy (non-hydrogen) atoms. The van der Waals surface area contributed by atoms with Crippen LogP contribution in [0.2, 0.25) is 0 Å². The maximum absolute atomic E-state index is 2.39. The second kappa shape index (κ2) is 28.7. The van der Waals surface area contributed by atoms with Gasteiger partial charge >= 0.3 is 162 Å². The van der Waals surface area contributed by atoms with Crippen molar-refractivity contribution in [2.24, 2.45) is 0 Å². The van der Waals surface area contributed by atoms with Crippen LogP contribution in [-0.4, -0.2) is 24.6 Å². The van der Waals surface area contributed by atoms with Crippen LogP contribution in [0.1, 0.15) is 156 Å². The van der Waals surface area contributed by atoms with E-state index in [2.05, 4.69) is 27.7 Å². The molecule has 0 aliphatic heterocycles. The minimum absolute atomic E-state index is 0. The van der Waals surface area contributed by atoms with Crippen molar-refractivity contribution in [3.8, 4) is 0 Å². The van der Waals surface area contributed by atoms with E-state index in [0.717, 1.165) is 0 Å². The van der Waals surface area contributed by atoms with Gasteiger partial charge in [0, 0.05) is 0 Å². The minimum Gasteiger partial charge on any atom is -0.344 e. The first kappa shape index (κ1) is 36.3. The standard InChI is InChI=1S/C28H61P.ClH.H3N/c1-5-9-13-14-15-16-17-18-19-20-21-22-23-24-28-29(25-10-6-2,26-11-7-3)27-12-8-4;;/h29H,5-28H2,1-4H3;1H;1H3. The molecule has 0 bridgehead atoms. The van der Waals surface area contributed by atoms with Crippen LogP contribution in [0.25, 0.3) is 0 Å². The molecule has 0 amide bonds.